The minimum atomic E-state index is -0.330. The van der Waals surface area contributed by atoms with Crippen molar-refractivity contribution in [2.45, 2.75) is 58.5 Å². The van der Waals surface area contributed by atoms with Crippen LogP contribution in [-0.4, -0.2) is 37.4 Å². The van der Waals surface area contributed by atoms with Gasteiger partial charge in [0, 0.05) is 28.2 Å². The number of carbonyl (C=O) groups excluding carboxylic acids is 2. The van der Waals surface area contributed by atoms with E-state index in [1.54, 1.807) is 37.1 Å². The van der Waals surface area contributed by atoms with Gasteiger partial charge in [-0.25, -0.2) is 0 Å². The van der Waals surface area contributed by atoms with Crippen molar-refractivity contribution < 1.29 is 23.8 Å². The maximum absolute atomic E-state index is 12.8. The Morgan fingerprint density at radius 1 is 0.912 bits per heavy atom. The molecule has 7 heteroatoms. The van der Waals surface area contributed by atoms with Gasteiger partial charge in [-0.05, 0) is 41.3 Å². The first-order valence-corrected chi connectivity index (χ1v) is 12.3. The summed E-state index contributed by atoms with van der Waals surface area (Å²) in [6.45, 7) is 13.3. The smallest absolute Gasteiger partial charge is 0.309 e. The van der Waals surface area contributed by atoms with E-state index >= 15 is 0 Å². The van der Waals surface area contributed by atoms with Gasteiger partial charge in [-0.2, -0.15) is 11.8 Å². The van der Waals surface area contributed by atoms with Gasteiger partial charge in [-0.15, -0.1) is 0 Å². The summed E-state index contributed by atoms with van der Waals surface area (Å²) in [5.74, 6) is 1.91. The van der Waals surface area contributed by atoms with Crippen LogP contribution < -0.4 is 14.8 Å². The molecular formula is C27H37NO5S. The molecule has 0 aromatic heterocycles. The van der Waals surface area contributed by atoms with E-state index in [-0.39, 0.29) is 28.5 Å². The molecule has 1 amide bonds. The van der Waals surface area contributed by atoms with Crippen LogP contribution in [-0.2, 0) is 21.7 Å². The number of rotatable bonds is 9. The molecule has 0 spiro atoms. The van der Waals surface area contributed by atoms with Crippen LogP contribution in [0.5, 0.6) is 17.2 Å². The number of thioether (sulfide) groups is 1. The predicted molar refractivity (Wildman–Crippen MR) is 138 cm³/mol. The molecule has 2 aromatic rings. The van der Waals surface area contributed by atoms with Gasteiger partial charge in [0.2, 0.25) is 0 Å². The number of carbonyl (C=O) groups is 2. The average Bonchev–Trinajstić information content (AvgIpc) is 2.75. The van der Waals surface area contributed by atoms with Crippen molar-refractivity contribution in [1.29, 1.82) is 0 Å². The summed E-state index contributed by atoms with van der Waals surface area (Å²) >= 11 is 1.77. The zero-order valence-corrected chi connectivity index (χ0v) is 22.4. The fraction of sp³-hybridized carbons (Fsp3) is 0.481. The Bertz CT molecular complexity index is 1010. The lowest BCUT2D eigenvalue weighted by Gasteiger charge is -2.21. The minimum Gasteiger partial charge on any atom is -0.493 e. The third-order valence-corrected chi connectivity index (χ3v) is 6.11. The molecule has 0 aliphatic carbocycles. The molecule has 1 N–H and O–H groups in total. The Kier molecular flexibility index (Phi) is 9.45. The molecule has 0 heterocycles. The van der Waals surface area contributed by atoms with Gasteiger partial charge in [0.25, 0.3) is 5.91 Å². The number of hydrogen-bond donors (Lipinski definition) is 1. The van der Waals surface area contributed by atoms with Crippen LogP contribution >= 0.6 is 11.8 Å². The number of hydrogen-bond acceptors (Lipinski definition) is 6. The van der Waals surface area contributed by atoms with E-state index in [9.17, 15) is 9.59 Å². The van der Waals surface area contributed by atoms with Gasteiger partial charge in [-0.1, -0.05) is 47.6 Å². The fourth-order valence-electron chi connectivity index (χ4n) is 2.94. The highest BCUT2D eigenvalue weighted by Gasteiger charge is 2.19. The van der Waals surface area contributed by atoms with Gasteiger partial charge in [0.1, 0.15) is 5.75 Å². The second-order valence-electron chi connectivity index (χ2n) is 10.3. The van der Waals surface area contributed by atoms with E-state index in [1.165, 1.54) is 7.11 Å². The Hall–Kier alpha value is -2.67. The second kappa shape index (κ2) is 11.6. The molecular weight excluding hydrogens is 450 g/mol. The summed E-state index contributed by atoms with van der Waals surface area (Å²) in [5, 5.41) is 3.01. The van der Waals surface area contributed by atoms with Crippen LogP contribution in [0.25, 0.3) is 0 Å². The molecule has 2 aromatic carbocycles. The van der Waals surface area contributed by atoms with Gasteiger partial charge < -0.3 is 19.5 Å². The normalized spacial score (nSPS) is 11.6. The molecule has 0 aliphatic rings. The van der Waals surface area contributed by atoms with Crippen LogP contribution in [0, 0.1) is 5.41 Å². The summed E-state index contributed by atoms with van der Waals surface area (Å²) in [5.41, 5.74) is 2.25. The molecule has 186 valence electrons. The van der Waals surface area contributed by atoms with E-state index in [0.717, 1.165) is 11.1 Å². The Balaban J connectivity index is 2.38. The molecule has 2 rings (SSSR count). The van der Waals surface area contributed by atoms with Crippen molar-refractivity contribution in [2.75, 3.05) is 20.8 Å². The molecule has 0 aliphatic heterocycles. The number of nitrogens with one attached hydrogen (secondary N) is 1. The summed E-state index contributed by atoms with van der Waals surface area (Å²) in [7, 11) is 2.93. The number of benzene rings is 2. The van der Waals surface area contributed by atoms with Gasteiger partial charge in [-0.3, -0.25) is 9.59 Å². The monoisotopic (exact) mass is 487 g/mol. The summed E-state index contributed by atoms with van der Waals surface area (Å²) < 4.78 is 16.6. The van der Waals surface area contributed by atoms with E-state index < -0.39 is 0 Å². The molecule has 0 saturated heterocycles. The maximum Gasteiger partial charge on any atom is 0.309 e. The second-order valence-corrected chi connectivity index (χ2v) is 12.1. The van der Waals surface area contributed by atoms with Crippen molar-refractivity contribution in [2.24, 2.45) is 5.41 Å². The minimum absolute atomic E-state index is 0.00457. The van der Waals surface area contributed by atoms with Crippen LogP contribution in [0.15, 0.2) is 36.4 Å². The molecule has 34 heavy (non-hydrogen) atoms. The van der Waals surface area contributed by atoms with Crippen molar-refractivity contribution in [1.82, 2.24) is 5.32 Å². The first-order chi connectivity index (χ1) is 15.8. The zero-order chi connectivity index (χ0) is 25.5. The average molecular weight is 488 g/mol. The van der Waals surface area contributed by atoms with Crippen LogP contribution in [0.3, 0.4) is 0 Å². The lowest BCUT2D eigenvalue weighted by atomic mass is 9.97. The predicted octanol–water partition coefficient (Wildman–Crippen LogP) is 6.01. The molecule has 6 nitrogen and oxygen atoms in total. The Labute approximate surface area is 207 Å². The molecule has 0 radical (unpaired) electrons. The van der Waals surface area contributed by atoms with Crippen molar-refractivity contribution >= 4 is 23.6 Å². The highest BCUT2D eigenvalue weighted by atomic mass is 32.2. The Morgan fingerprint density at radius 2 is 1.59 bits per heavy atom. The lowest BCUT2D eigenvalue weighted by Crippen LogP contribution is -2.32. The third-order valence-electron chi connectivity index (χ3n) is 4.79. The molecule has 0 bridgehead atoms. The van der Waals surface area contributed by atoms with E-state index in [1.807, 2.05) is 18.2 Å². The van der Waals surface area contributed by atoms with Crippen LogP contribution in [0.2, 0.25) is 0 Å². The SMILES string of the molecule is COC(=O)Cc1ccc(OC)c(Oc2ccc(C(=O)NCC(C)(C)C)cc2CSC(C)(C)C)c1. The van der Waals surface area contributed by atoms with E-state index in [0.29, 0.717) is 35.1 Å². The standard InChI is InChI=1S/C27H37NO5S/c1-26(2,3)17-28-25(30)19-10-12-21(20(15-19)16-34-27(4,5)6)33-23-13-18(14-24(29)32-8)9-11-22(23)31-7/h9-13,15H,14,16-17H2,1-8H3,(H,28,30). The van der Waals surface area contributed by atoms with Gasteiger partial charge in [0.05, 0.1) is 20.6 Å². The highest BCUT2D eigenvalue weighted by Crippen LogP contribution is 2.37. The van der Waals surface area contributed by atoms with Crippen molar-refractivity contribution in [3.63, 3.8) is 0 Å². The molecule has 0 saturated carbocycles. The largest absolute Gasteiger partial charge is 0.493 e. The number of amides is 1. The number of esters is 1. The first kappa shape index (κ1) is 27.6. The van der Waals surface area contributed by atoms with Crippen LogP contribution in [0.4, 0.5) is 0 Å². The van der Waals surface area contributed by atoms with Gasteiger partial charge >= 0.3 is 5.97 Å². The first-order valence-electron chi connectivity index (χ1n) is 11.3. The molecule has 0 unspecified atom stereocenters. The lowest BCUT2D eigenvalue weighted by molar-refractivity contribution is -0.139. The zero-order valence-electron chi connectivity index (χ0n) is 21.5. The van der Waals surface area contributed by atoms with Crippen molar-refractivity contribution in [3.05, 3.63) is 53.1 Å². The summed E-state index contributed by atoms with van der Waals surface area (Å²) in [4.78, 5) is 24.5. The summed E-state index contributed by atoms with van der Waals surface area (Å²) in [6, 6.07) is 10.8. The fourth-order valence-corrected chi connectivity index (χ4v) is 3.76. The van der Waals surface area contributed by atoms with E-state index in [2.05, 4.69) is 46.9 Å². The maximum atomic E-state index is 12.8. The highest BCUT2D eigenvalue weighted by molar-refractivity contribution is 7.99. The topological polar surface area (TPSA) is 73.9 Å². The van der Waals surface area contributed by atoms with Gasteiger partial charge in [0.15, 0.2) is 11.5 Å². The molecule has 0 fully saturated rings. The van der Waals surface area contributed by atoms with Crippen molar-refractivity contribution in [3.8, 4) is 17.2 Å². The third kappa shape index (κ3) is 8.93. The summed E-state index contributed by atoms with van der Waals surface area (Å²) in [6.07, 6.45) is 0.135. The quantitative estimate of drug-likeness (QED) is 0.437. The van der Waals surface area contributed by atoms with Crippen LogP contribution in [0.1, 0.15) is 63.0 Å². The number of ether oxygens (including phenoxy) is 3. The number of methoxy groups -OCH3 is 2. The molecule has 0 atom stereocenters. The Morgan fingerprint density at radius 3 is 2.18 bits per heavy atom. The van der Waals surface area contributed by atoms with E-state index in [4.69, 9.17) is 14.2 Å².